The number of nitrogens with zero attached hydrogens (tertiary/aromatic N) is 1. The number of anilines is 1. The van der Waals surface area contributed by atoms with E-state index < -0.39 is 12.1 Å². The number of hydrogen-bond donors (Lipinski definition) is 4. The number of likely N-dealkylation sites (N-methyl/N-ethyl adjacent to an activating group) is 1. The first-order valence-electron chi connectivity index (χ1n) is 11.5. The van der Waals surface area contributed by atoms with Gasteiger partial charge in [-0.3, -0.25) is 14.9 Å². The number of H-pyrrole nitrogens is 1. The van der Waals surface area contributed by atoms with Crippen molar-refractivity contribution >= 4 is 34.4 Å². The van der Waals surface area contributed by atoms with Crippen molar-refractivity contribution in [1.29, 1.82) is 0 Å². The van der Waals surface area contributed by atoms with E-state index in [-0.39, 0.29) is 17.7 Å². The molecule has 1 aliphatic rings. The molecular weight excluding hydrogens is 430 g/mol. The topological polar surface area (TPSA) is 106 Å². The minimum atomic E-state index is -0.618. The summed E-state index contributed by atoms with van der Waals surface area (Å²) in [6.45, 7) is 2.42. The Hall–Kier alpha value is -3.65. The van der Waals surface area contributed by atoms with Crippen LogP contribution in [0.4, 0.5) is 10.5 Å². The number of aryl methyl sites for hydroxylation is 1. The van der Waals surface area contributed by atoms with Crippen molar-refractivity contribution in [2.45, 2.75) is 38.1 Å². The number of fused-ring (bicyclic) bond motifs is 1. The number of amides is 4. The number of aromatic amines is 1. The van der Waals surface area contributed by atoms with Gasteiger partial charge in [-0.15, -0.1) is 0 Å². The number of benzene rings is 2. The summed E-state index contributed by atoms with van der Waals surface area (Å²) in [5.41, 5.74) is 5.16. The van der Waals surface area contributed by atoms with E-state index in [1.807, 2.05) is 42.6 Å². The number of rotatable bonds is 9. The van der Waals surface area contributed by atoms with Crippen molar-refractivity contribution in [2.24, 2.45) is 0 Å². The van der Waals surface area contributed by atoms with E-state index in [1.165, 1.54) is 12.5 Å². The van der Waals surface area contributed by atoms with E-state index in [9.17, 15) is 14.4 Å². The Kier molecular flexibility index (Phi) is 6.98. The Morgan fingerprint density at radius 2 is 1.85 bits per heavy atom. The van der Waals surface area contributed by atoms with Crippen LogP contribution in [0.25, 0.3) is 10.9 Å². The predicted molar refractivity (Wildman–Crippen MR) is 133 cm³/mol. The van der Waals surface area contributed by atoms with Crippen molar-refractivity contribution in [1.82, 2.24) is 20.5 Å². The summed E-state index contributed by atoms with van der Waals surface area (Å²) >= 11 is 0. The van der Waals surface area contributed by atoms with Crippen LogP contribution in [0.3, 0.4) is 0 Å². The highest BCUT2D eigenvalue weighted by Crippen LogP contribution is 2.31. The van der Waals surface area contributed by atoms with Gasteiger partial charge in [-0.25, -0.2) is 4.79 Å². The Labute approximate surface area is 199 Å². The fraction of sp³-hybridized carbons (Fsp3) is 0.346. The Balaban J connectivity index is 1.59. The van der Waals surface area contributed by atoms with E-state index in [4.69, 9.17) is 0 Å². The molecule has 2 aromatic carbocycles. The Bertz CT molecular complexity index is 1200. The van der Waals surface area contributed by atoms with Gasteiger partial charge in [-0.2, -0.15) is 0 Å². The molecule has 8 nitrogen and oxygen atoms in total. The third kappa shape index (κ3) is 5.46. The highest BCUT2D eigenvalue weighted by Gasteiger charge is 2.37. The first-order chi connectivity index (χ1) is 16.3. The van der Waals surface area contributed by atoms with Crippen LogP contribution in [0.1, 0.15) is 36.0 Å². The van der Waals surface area contributed by atoms with Crippen LogP contribution in [0.15, 0.2) is 48.7 Å². The van der Waals surface area contributed by atoms with Gasteiger partial charge in [0.2, 0.25) is 5.91 Å². The molecular formula is C26H31N5O3. The molecule has 4 amide bonds. The average Bonchev–Trinajstić information content (AvgIpc) is 3.35. The molecule has 1 saturated heterocycles. The Morgan fingerprint density at radius 1 is 1.09 bits per heavy atom. The molecule has 178 valence electrons. The zero-order valence-corrected chi connectivity index (χ0v) is 19.8. The highest BCUT2D eigenvalue weighted by molar-refractivity contribution is 6.04. The Morgan fingerprint density at radius 3 is 2.50 bits per heavy atom. The molecule has 3 aromatic rings. The van der Waals surface area contributed by atoms with Gasteiger partial charge in [0, 0.05) is 42.2 Å². The molecule has 0 spiro atoms. The summed E-state index contributed by atoms with van der Waals surface area (Å²) in [5, 5.41) is 9.10. The molecule has 0 saturated carbocycles. The molecule has 2 atom stereocenters. The lowest BCUT2D eigenvalue weighted by Gasteiger charge is -2.22. The fourth-order valence-electron chi connectivity index (χ4n) is 4.50. The van der Waals surface area contributed by atoms with Crippen LogP contribution >= 0.6 is 0 Å². The number of carbonyl (C=O) groups excluding carboxylic acids is 3. The standard InChI is InChI=1S/C26H31N5O3/c1-16(32)28-20-8-4-17(5-9-20)6-10-21(24-25(33)30-26(34)29-24)18-7-11-23-22(14-18)19(15-27-23)12-13-31(2)3/h4-5,7-9,11,14-15,21,24,27H,6,10,12-13H2,1-3H3,(H,28,32)(H2,29,30,33,34). The number of imide groups is 1. The molecule has 0 bridgehead atoms. The lowest BCUT2D eigenvalue weighted by Crippen LogP contribution is -2.35. The molecule has 1 aliphatic heterocycles. The van der Waals surface area contributed by atoms with Crippen LogP contribution < -0.4 is 16.0 Å². The van der Waals surface area contributed by atoms with E-state index in [1.54, 1.807) is 0 Å². The second kappa shape index (κ2) is 10.1. The summed E-state index contributed by atoms with van der Waals surface area (Å²) < 4.78 is 0. The zero-order chi connectivity index (χ0) is 24.2. The number of urea groups is 1. The van der Waals surface area contributed by atoms with E-state index >= 15 is 0 Å². The molecule has 8 heteroatoms. The quantitative estimate of drug-likeness (QED) is 0.367. The molecule has 1 aromatic heterocycles. The highest BCUT2D eigenvalue weighted by atomic mass is 16.2. The van der Waals surface area contributed by atoms with Crippen LogP contribution in [-0.4, -0.2) is 54.4 Å². The predicted octanol–water partition coefficient (Wildman–Crippen LogP) is 3.15. The second-order valence-corrected chi connectivity index (χ2v) is 9.14. The maximum absolute atomic E-state index is 12.6. The normalized spacial score (nSPS) is 16.5. The van der Waals surface area contributed by atoms with Crippen molar-refractivity contribution in [2.75, 3.05) is 26.0 Å². The number of aromatic nitrogens is 1. The average molecular weight is 462 g/mol. The van der Waals surface area contributed by atoms with Crippen LogP contribution in [0.5, 0.6) is 0 Å². The number of carbonyl (C=O) groups is 3. The summed E-state index contributed by atoms with van der Waals surface area (Å²) in [4.78, 5) is 41.2. The van der Waals surface area contributed by atoms with Gasteiger partial charge in [0.15, 0.2) is 0 Å². The van der Waals surface area contributed by atoms with Gasteiger partial charge < -0.3 is 20.5 Å². The minimum Gasteiger partial charge on any atom is -0.361 e. The number of nitrogens with one attached hydrogen (secondary N) is 4. The molecule has 1 fully saturated rings. The van der Waals surface area contributed by atoms with E-state index in [0.29, 0.717) is 6.42 Å². The smallest absolute Gasteiger partial charge is 0.322 e. The maximum atomic E-state index is 12.6. The van der Waals surface area contributed by atoms with Crippen LogP contribution in [0, 0.1) is 0 Å². The third-order valence-electron chi connectivity index (χ3n) is 6.27. The van der Waals surface area contributed by atoms with Crippen molar-refractivity contribution in [3.63, 3.8) is 0 Å². The van der Waals surface area contributed by atoms with Crippen LogP contribution in [-0.2, 0) is 22.4 Å². The first kappa shape index (κ1) is 23.5. The molecule has 0 aliphatic carbocycles. The van der Waals surface area contributed by atoms with Gasteiger partial charge in [-0.1, -0.05) is 18.2 Å². The largest absolute Gasteiger partial charge is 0.361 e. The molecule has 4 rings (SSSR count). The van der Waals surface area contributed by atoms with Gasteiger partial charge >= 0.3 is 6.03 Å². The summed E-state index contributed by atoms with van der Waals surface area (Å²) in [5.74, 6) is -0.582. The van der Waals surface area contributed by atoms with E-state index in [2.05, 4.69) is 46.0 Å². The fourth-order valence-corrected chi connectivity index (χ4v) is 4.50. The maximum Gasteiger partial charge on any atom is 0.322 e. The lowest BCUT2D eigenvalue weighted by molar-refractivity contribution is -0.120. The van der Waals surface area contributed by atoms with Crippen molar-refractivity contribution in [3.05, 3.63) is 65.4 Å². The SMILES string of the molecule is CC(=O)Nc1ccc(CCC(c2ccc3[nH]cc(CCN(C)C)c3c2)C2NC(=O)NC2=O)cc1. The molecule has 0 radical (unpaired) electrons. The third-order valence-corrected chi connectivity index (χ3v) is 6.27. The van der Waals surface area contributed by atoms with Crippen molar-refractivity contribution in [3.8, 4) is 0 Å². The second-order valence-electron chi connectivity index (χ2n) is 9.14. The van der Waals surface area contributed by atoms with Gasteiger partial charge in [0.25, 0.3) is 5.91 Å². The van der Waals surface area contributed by atoms with E-state index in [0.717, 1.165) is 47.1 Å². The summed E-state index contributed by atoms with van der Waals surface area (Å²) in [6, 6.07) is 12.9. The molecule has 2 heterocycles. The summed E-state index contributed by atoms with van der Waals surface area (Å²) in [7, 11) is 4.11. The molecule has 2 unspecified atom stereocenters. The van der Waals surface area contributed by atoms with Gasteiger partial charge in [-0.05, 0) is 74.3 Å². The van der Waals surface area contributed by atoms with Gasteiger partial charge in [0.1, 0.15) is 6.04 Å². The lowest BCUT2D eigenvalue weighted by atomic mass is 9.85. The number of hydrogen-bond acceptors (Lipinski definition) is 4. The monoisotopic (exact) mass is 461 g/mol. The summed E-state index contributed by atoms with van der Waals surface area (Å²) in [6.07, 6.45) is 4.38. The van der Waals surface area contributed by atoms with Crippen molar-refractivity contribution < 1.29 is 14.4 Å². The first-order valence-corrected chi connectivity index (χ1v) is 11.5. The molecule has 34 heavy (non-hydrogen) atoms. The minimum absolute atomic E-state index is 0.110. The zero-order valence-electron chi connectivity index (χ0n) is 19.8. The van der Waals surface area contributed by atoms with Crippen LogP contribution in [0.2, 0.25) is 0 Å². The van der Waals surface area contributed by atoms with Gasteiger partial charge in [0.05, 0.1) is 0 Å². The molecule has 4 N–H and O–H groups in total.